The summed E-state index contributed by atoms with van der Waals surface area (Å²) < 4.78 is 62.7. The molecule has 0 atom stereocenters. The largest absolute Gasteiger partial charge is 0.461 e. The van der Waals surface area contributed by atoms with Gasteiger partial charge in [-0.2, -0.15) is 16.8 Å². The lowest BCUT2D eigenvalue weighted by molar-refractivity contribution is -0.137. The maximum absolute atomic E-state index is 10.3. The molecule has 0 aromatic carbocycles. The summed E-state index contributed by atoms with van der Waals surface area (Å²) in [6.07, 6.45) is 1.53. The Morgan fingerprint density at radius 1 is 1.17 bits per heavy atom. The van der Waals surface area contributed by atoms with Crippen LogP contribution in [0.15, 0.2) is 25.5 Å². The zero-order valence-corrected chi connectivity index (χ0v) is 10.7. The Morgan fingerprint density at radius 2 is 1.67 bits per heavy atom. The number of rotatable bonds is 6. The van der Waals surface area contributed by atoms with Gasteiger partial charge in [0, 0.05) is 6.08 Å². The normalized spacial score (nSPS) is 10.6. The molecular formula is C7H12O9S2. The van der Waals surface area contributed by atoms with Gasteiger partial charge in [0.25, 0.3) is 10.1 Å². The van der Waals surface area contributed by atoms with Crippen LogP contribution in [0.25, 0.3) is 0 Å². The van der Waals surface area contributed by atoms with Crippen molar-refractivity contribution in [1.29, 1.82) is 0 Å². The molecule has 0 amide bonds. The first-order valence-electron chi connectivity index (χ1n) is 4.02. The third kappa shape index (κ3) is 20.0. The molecule has 2 N–H and O–H groups in total. The second-order valence-electron chi connectivity index (χ2n) is 2.35. The van der Waals surface area contributed by atoms with E-state index in [1.54, 1.807) is 0 Å². The minimum atomic E-state index is -4.29. The molecule has 0 heterocycles. The van der Waals surface area contributed by atoms with Crippen LogP contribution in [-0.4, -0.2) is 44.3 Å². The molecule has 11 heteroatoms. The van der Waals surface area contributed by atoms with Crippen LogP contribution in [0.5, 0.6) is 0 Å². The zero-order valence-electron chi connectivity index (χ0n) is 9.05. The van der Waals surface area contributed by atoms with E-state index in [4.69, 9.17) is 9.11 Å². The average Bonchev–Trinajstić information content (AvgIpc) is 2.14. The highest BCUT2D eigenvalue weighted by Gasteiger charge is 2.05. The summed E-state index contributed by atoms with van der Waals surface area (Å²) >= 11 is 0. The van der Waals surface area contributed by atoms with Gasteiger partial charge in [-0.1, -0.05) is 13.2 Å². The van der Waals surface area contributed by atoms with Gasteiger partial charge in [0.2, 0.25) is 0 Å². The molecule has 0 radical (unpaired) electrons. The monoisotopic (exact) mass is 304 g/mol. The number of carbonyl (C=O) groups excluding carboxylic acids is 1. The van der Waals surface area contributed by atoms with Gasteiger partial charge in [0.1, 0.15) is 18.6 Å². The van der Waals surface area contributed by atoms with Gasteiger partial charge in [0.05, 0.1) is 0 Å². The van der Waals surface area contributed by atoms with Crippen LogP contribution in [0.4, 0.5) is 0 Å². The highest BCUT2D eigenvalue weighted by atomic mass is 32.3. The Kier molecular flexibility index (Phi) is 9.07. The molecule has 0 fully saturated rings. The van der Waals surface area contributed by atoms with Crippen LogP contribution in [0.1, 0.15) is 0 Å². The molecule has 0 aromatic rings. The lowest BCUT2D eigenvalue weighted by Crippen LogP contribution is -2.13. The summed E-state index contributed by atoms with van der Waals surface area (Å²) in [4.78, 5) is 10.3. The van der Waals surface area contributed by atoms with Gasteiger partial charge in [-0.25, -0.2) is 4.79 Å². The van der Waals surface area contributed by atoms with Gasteiger partial charge >= 0.3 is 16.4 Å². The standard InChI is InChI=1S/C5H8O5S.C2H4O4S/c1-2-5(6)10-3-4-11(7,8)9;1-2-6-7(3,4)5/h2H,1,3-4H2,(H,7,8,9);2H,1H2,(H,3,4,5). The summed E-state index contributed by atoms with van der Waals surface area (Å²) in [6, 6.07) is 0. The van der Waals surface area contributed by atoms with Gasteiger partial charge in [-0.05, 0) is 0 Å². The van der Waals surface area contributed by atoms with Crippen LogP contribution in [-0.2, 0) is 34.2 Å². The van der Waals surface area contributed by atoms with Gasteiger partial charge in [-0.15, -0.1) is 0 Å². The van der Waals surface area contributed by atoms with E-state index in [-0.39, 0.29) is 6.61 Å². The molecule has 0 aliphatic rings. The highest BCUT2D eigenvalue weighted by Crippen LogP contribution is 1.84. The van der Waals surface area contributed by atoms with Crippen molar-refractivity contribution >= 4 is 26.5 Å². The molecule has 0 spiro atoms. The predicted octanol–water partition coefficient (Wildman–Crippen LogP) is -0.447. The van der Waals surface area contributed by atoms with Crippen molar-refractivity contribution < 1.29 is 39.7 Å². The third-order valence-electron chi connectivity index (χ3n) is 0.942. The Morgan fingerprint density at radius 3 is 1.89 bits per heavy atom. The quantitative estimate of drug-likeness (QED) is 0.288. The summed E-state index contributed by atoms with van der Waals surface area (Å²) in [5, 5.41) is 0. The first-order valence-corrected chi connectivity index (χ1v) is 7.00. The Bertz CT molecular complexity index is 473. The predicted molar refractivity (Wildman–Crippen MR) is 60.4 cm³/mol. The van der Waals surface area contributed by atoms with E-state index >= 15 is 0 Å². The van der Waals surface area contributed by atoms with E-state index in [0.717, 1.165) is 6.08 Å². The fraction of sp³-hybridized carbons (Fsp3) is 0.286. The van der Waals surface area contributed by atoms with Crippen molar-refractivity contribution in [2.45, 2.75) is 0 Å². The van der Waals surface area contributed by atoms with E-state index in [1.807, 2.05) is 0 Å². The molecule has 0 rings (SSSR count). The summed E-state index contributed by atoms with van der Waals surface area (Å²) in [6.45, 7) is 5.62. The number of carbonyl (C=O) groups is 1. The maximum atomic E-state index is 10.3. The van der Waals surface area contributed by atoms with E-state index in [1.165, 1.54) is 0 Å². The molecule has 0 bridgehead atoms. The molecule has 0 unspecified atom stereocenters. The van der Waals surface area contributed by atoms with Gasteiger partial charge < -0.3 is 8.92 Å². The van der Waals surface area contributed by atoms with Crippen molar-refractivity contribution in [3.05, 3.63) is 25.5 Å². The average molecular weight is 304 g/mol. The molecule has 0 saturated heterocycles. The van der Waals surface area contributed by atoms with Crippen LogP contribution in [0.3, 0.4) is 0 Å². The lowest BCUT2D eigenvalue weighted by Gasteiger charge is -1.97. The highest BCUT2D eigenvalue weighted by molar-refractivity contribution is 7.85. The minimum absolute atomic E-state index is 0.357. The van der Waals surface area contributed by atoms with Crippen molar-refractivity contribution in [2.75, 3.05) is 12.4 Å². The van der Waals surface area contributed by atoms with Crippen LogP contribution < -0.4 is 0 Å². The molecule has 0 aliphatic carbocycles. The van der Waals surface area contributed by atoms with Gasteiger partial charge in [0.15, 0.2) is 0 Å². The van der Waals surface area contributed by atoms with E-state index < -0.39 is 32.2 Å². The third-order valence-corrected chi connectivity index (χ3v) is 2.00. The smallest absolute Gasteiger partial charge is 0.445 e. The minimum Gasteiger partial charge on any atom is -0.461 e. The number of esters is 1. The van der Waals surface area contributed by atoms with Crippen molar-refractivity contribution in [2.24, 2.45) is 0 Å². The topological polar surface area (TPSA) is 144 Å². The summed E-state index contributed by atoms with van der Waals surface area (Å²) in [5.74, 6) is -1.30. The molecule has 18 heavy (non-hydrogen) atoms. The summed E-state index contributed by atoms with van der Waals surface area (Å²) in [7, 11) is -8.33. The first kappa shape index (κ1) is 18.9. The molecule has 0 saturated carbocycles. The van der Waals surface area contributed by atoms with E-state index in [9.17, 15) is 21.6 Å². The van der Waals surface area contributed by atoms with Crippen molar-refractivity contribution in [3.63, 3.8) is 0 Å². The second kappa shape index (κ2) is 8.63. The second-order valence-corrected chi connectivity index (χ2v) is 4.97. The molecule has 106 valence electrons. The fourth-order valence-electron chi connectivity index (χ4n) is 0.392. The molecule has 9 nitrogen and oxygen atoms in total. The van der Waals surface area contributed by atoms with Gasteiger partial charge in [-0.3, -0.25) is 9.11 Å². The number of hydrogen-bond acceptors (Lipinski definition) is 7. The molecular weight excluding hydrogens is 292 g/mol. The molecule has 0 aromatic heterocycles. The zero-order chi connectivity index (χ0) is 14.8. The Balaban J connectivity index is 0. The SMILES string of the molecule is C=CC(=O)OCCS(=O)(=O)O.C=COS(=O)(=O)O. The van der Waals surface area contributed by atoms with Crippen molar-refractivity contribution in [1.82, 2.24) is 0 Å². The summed E-state index contributed by atoms with van der Waals surface area (Å²) in [5.41, 5.74) is 0. The van der Waals surface area contributed by atoms with Crippen LogP contribution in [0, 0.1) is 0 Å². The van der Waals surface area contributed by atoms with E-state index in [2.05, 4.69) is 22.1 Å². The number of hydrogen-bond donors (Lipinski definition) is 2. The number of ether oxygens (including phenoxy) is 1. The lowest BCUT2D eigenvalue weighted by atomic mass is 10.6. The maximum Gasteiger partial charge on any atom is 0.445 e. The van der Waals surface area contributed by atoms with Crippen LogP contribution >= 0.6 is 0 Å². The Hall–Kier alpha value is -1.43. The van der Waals surface area contributed by atoms with E-state index in [0.29, 0.717) is 6.26 Å². The Labute approximate surface area is 104 Å². The fourth-order valence-corrected chi connectivity index (χ4v) is 0.858. The first-order chi connectivity index (χ1) is 8.02. The molecule has 0 aliphatic heterocycles. The van der Waals surface area contributed by atoms with Crippen molar-refractivity contribution in [3.8, 4) is 0 Å². The van der Waals surface area contributed by atoms with Crippen LogP contribution in [0.2, 0.25) is 0 Å².